The Morgan fingerprint density at radius 1 is 1.38 bits per heavy atom. The van der Waals surface area contributed by atoms with Crippen molar-refractivity contribution in [1.82, 2.24) is 15.5 Å². The Hall–Kier alpha value is -1.74. The lowest BCUT2D eigenvalue weighted by molar-refractivity contribution is -0.759. The smallest absolute Gasteiger partial charge is 0.304 e. The number of rotatable bonds is 7. The molecule has 0 atom stereocenters. The van der Waals surface area contributed by atoms with E-state index in [4.69, 9.17) is 16.7 Å². The van der Waals surface area contributed by atoms with Crippen LogP contribution in [0.25, 0.3) is 0 Å². The maximum atomic E-state index is 11.9. The van der Waals surface area contributed by atoms with E-state index in [0.717, 1.165) is 26.2 Å². The molecule has 1 aromatic rings. The minimum atomic E-state index is -0.477. The minimum Gasteiger partial charge on any atom is -0.356 e. The Kier molecular flexibility index (Phi) is 6.94. The van der Waals surface area contributed by atoms with Crippen LogP contribution >= 0.6 is 12.2 Å². The van der Waals surface area contributed by atoms with Crippen molar-refractivity contribution in [3.05, 3.63) is 6.20 Å². The minimum absolute atomic E-state index is 0.0164. The molecular formula is C17H31N6O2S+. The largest absolute Gasteiger partial charge is 0.356 e. The Balaban J connectivity index is 1.91. The maximum Gasteiger partial charge on any atom is 0.304 e. The average Bonchev–Trinajstić information content (AvgIpc) is 3.03. The second-order valence-electron chi connectivity index (χ2n) is 7.54. The van der Waals surface area contributed by atoms with Crippen LogP contribution in [0.15, 0.2) is 10.7 Å². The molecule has 0 aromatic carbocycles. The van der Waals surface area contributed by atoms with Gasteiger partial charge >= 0.3 is 5.88 Å². The highest BCUT2D eigenvalue weighted by Gasteiger charge is 2.30. The molecule has 26 heavy (non-hydrogen) atoms. The molecule has 0 bridgehead atoms. The molecule has 2 heterocycles. The number of piperazine rings is 1. The summed E-state index contributed by atoms with van der Waals surface area (Å²) < 4.78 is 5.37. The van der Waals surface area contributed by atoms with Gasteiger partial charge in [0.15, 0.2) is 0 Å². The number of nitrogens with zero attached hydrogens (tertiary/aromatic N) is 4. The molecule has 0 unspecified atom stereocenters. The number of nitrogens with one attached hydrogen (secondary N) is 2. The quantitative estimate of drug-likeness (QED) is 0.535. The zero-order valence-corrected chi connectivity index (χ0v) is 17.2. The maximum absolute atomic E-state index is 11.9. The first-order valence-electron chi connectivity index (χ1n) is 9.19. The molecule has 1 amide bonds. The summed E-state index contributed by atoms with van der Waals surface area (Å²) in [5.74, 6) is 0.461. The summed E-state index contributed by atoms with van der Waals surface area (Å²) in [6, 6.07) is 0.557. The van der Waals surface area contributed by atoms with E-state index >= 15 is 0 Å². The molecular weight excluding hydrogens is 352 g/mol. The van der Waals surface area contributed by atoms with E-state index in [-0.39, 0.29) is 5.91 Å². The monoisotopic (exact) mass is 383 g/mol. The lowest BCUT2D eigenvalue weighted by Crippen LogP contribution is -2.65. The van der Waals surface area contributed by atoms with E-state index in [0.29, 0.717) is 29.9 Å². The van der Waals surface area contributed by atoms with Crippen LogP contribution in [0.2, 0.25) is 0 Å². The summed E-state index contributed by atoms with van der Waals surface area (Å²) in [5, 5.41) is 12.1. The van der Waals surface area contributed by atoms with Crippen LogP contribution in [-0.2, 0) is 4.79 Å². The molecule has 9 heteroatoms. The van der Waals surface area contributed by atoms with Gasteiger partial charge in [0.1, 0.15) is 0 Å². The number of carbonyl (C=O) groups is 1. The van der Waals surface area contributed by atoms with Crippen molar-refractivity contribution < 1.29 is 14.1 Å². The SMILES string of the molecule is CCNC(=O)CC(C)(C)C(=S)Nc1c[n+](N2CCN(C(C)C)CC2)no1. The Morgan fingerprint density at radius 3 is 2.62 bits per heavy atom. The van der Waals surface area contributed by atoms with Crippen LogP contribution in [0, 0.1) is 5.41 Å². The Morgan fingerprint density at radius 2 is 2.04 bits per heavy atom. The third-order valence-electron chi connectivity index (χ3n) is 4.59. The molecule has 1 aliphatic rings. The fourth-order valence-corrected chi connectivity index (χ4v) is 3.05. The molecule has 2 N–H and O–H groups in total. The van der Waals surface area contributed by atoms with Gasteiger partial charge in [-0.25, -0.2) is 0 Å². The molecule has 1 aromatic heterocycles. The molecule has 2 rings (SSSR count). The molecule has 1 fully saturated rings. The molecule has 0 saturated carbocycles. The number of anilines is 1. The van der Waals surface area contributed by atoms with Crippen molar-refractivity contribution in [2.75, 3.05) is 43.0 Å². The second kappa shape index (κ2) is 8.77. The second-order valence-corrected chi connectivity index (χ2v) is 7.95. The average molecular weight is 384 g/mol. The Labute approximate surface area is 160 Å². The van der Waals surface area contributed by atoms with Gasteiger partial charge in [-0.15, -0.1) is 0 Å². The predicted octanol–water partition coefficient (Wildman–Crippen LogP) is 0.916. The number of hydrogen-bond donors (Lipinski definition) is 2. The third-order valence-corrected chi connectivity index (χ3v) is 5.25. The Bertz CT molecular complexity index is 623. The van der Waals surface area contributed by atoms with E-state index in [2.05, 4.69) is 39.7 Å². The molecule has 0 aliphatic carbocycles. The van der Waals surface area contributed by atoms with E-state index < -0.39 is 5.41 Å². The topological polar surface area (TPSA) is 77.5 Å². The summed E-state index contributed by atoms with van der Waals surface area (Å²) in [4.78, 5) is 16.6. The van der Waals surface area contributed by atoms with Crippen LogP contribution in [-0.4, -0.2) is 59.8 Å². The van der Waals surface area contributed by atoms with Gasteiger partial charge in [-0.2, -0.15) is 5.01 Å². The highest BCUT2D eigenvalue weighted by Crippen LogP contribution is 2.24. The normalized spacial score (nSPS) is 16.0. The van der Waals surface area contributed by atoms with Crippen molar-refractivity contribution in [2.24, 2.45) is 5.41 Å². The summed E-state index contributed by atoms with van der Waals surface area (Å²) in [6.45, 7) is 14.6. The molecule has 0 spiro atoms. The van der Waals surface area contributed by atoms with E-state index in [1.54, 1.807) is 11.0 Å². The van der Waals surface area contributed by atoms with Crippen LogP contribution in [0.4, 0.5) is 5.88 Å². The standard InChI is InChI=1S/C17H30N6O2S/c1-6-18-14(24)11-17(4,5)16(26)19-15-12-23(20-25-15)22-9-7-21(8-10-22)13(2)3/h12-13H,6-11H2,1-5H3,(H-,18,19,20,24,26)/p+1. The first kappa shape index (κ1) is 20.6. The first-order chi connectivity index (χ1) is 12.2. The molecule has 1 saturated heterocycles. The number of hydrogen-bond acceptors (Lipinski definition) is 6. The van der Waals surface area contributed by atoms with Gasteiger partial charge in [0.25, 0.3) is 6.20 Å². The fourth-order valence-electron chi connectivity index (χ4n) is 2.88. The van der Waals surface area contributed by atoms with Gasteiger partial charge in [-0.1, -0.05) is 26.1 Å². The van der Waals surface area contributed by atoms with Crippen molar-refractivity contribution >= 4 is 29.0 Å². The highest BCUT2D eigenvalue weighted by atomic mass is 32.1. The number of thiocarbonyl (C=S) groups is 1. The van der Waals surface area contributed by atoms with Crippen molar-refractivity contribution in [2.45, 2.75) is 47.1 Å². The lowest BCUT2D eigenvalue weighted by Gasteiger charge is -2.32. The van der Waals surface area contributed by atoms with Crippen LogP contribution in [0.3, 0.4) is 0 Å². The van der Waals surface area contributed by atoms with Gasteiger partial charge in [0.2, 0.25) is 11.2 Å². The third kappa shape index (κ3) is 5.38. The highest BCUT2D eigenvalue weighted by molar-refractivity contribution is 7.80. The number of aromatic nitrogens is 2. The van der Waals surface area contributed by atoms with Crippen LogP contribution in [0.5, 0.6) is 0 Å². The predicted molar refractivity (Wildman–Crippen MR) is 105 cm³/mol. The van der Waals surface area contributed by atoms with E-state index in [1.165, 1.54) is 0 Å². The van der Waals surface area contributed by atoms with Crippen LogP contribution < -0.4 is 20.4 Å². The first-order valence-corrected chi connectivity index (χ1v) is 9.60. The van der Waals surface area contributed by atoms with Crippen molar-refractivity contribution in [3.63, 3.8) is 0 Å². The van der Waals surface area contributed by atoms with Crippen molar-refractivity contribution in [1.29, 1.82) is 0 Å². The molecule has 0 radical (unpaired) electrons. The fraction of sp³-hybridized carbons (Fsp3) is 0.765. The lowest BCUT2D eigenvalue weighted by atomic mass is 9.88. The summed E-state index contributed by atoms with van der Waals surface area (Å²) in [6.07, 6.45) is 2.11. The van der Waals surface area contributed by atoms with E-state index in [9.17, 15) is 4.79 Å². The van der Waals surface area contributed by atoms with Gasteiger partial charge in [-0.05, 0) is 20.8 Å². The number of amides is 1. The van der Waals surface area contributed by atoms with Crippen molar-refractivity contribution in [3.8, 4) is 0 Å². The van der Waals surface area contributed by atoms with E-state index in [1.807, 2.05) is 20.8 Å². The summed E-state index contributed by atoms with van der Waals surface area (Å²) >= 11 is 5.48. The molecule has 8 nitrogen and oxygen atoms in total. The summed E-state index contributed by atoms with van der Waals surface area (Å²) in [7, 11) is 0. The van der Waals surface area contributed by atoms with Gasteiger partial charge < -0.3 is 10.6 Å². The molecule has 1 aliphatic heterocycles. The number of carbonyl (C=O) groups excluding carboxylic acids is 1. The zero-order valence-electron chi connectivity index (χ0n) is 16.4. The summed E-state index contributed by atoms with van der Waals surface area (Å²) in [5.41, 5.74) is -0.477. The van der Waals surface area contributed by atoms with Gasteiger partial charge in [0, 0.05) is 37.5 Å². The molecule has 146 valence electrons. The zero-order chi connectivity index (χ0) is 19.3. The van der Waals surface area contributed by atoms with Crippen LogP contribution in [0.1, 0.15) is 41.0 Å². The van der Waals surface area contributed by atoms with Gasteiger partial charge in [-0.3, -0.25) is 14.2 Å². The van der Waals surface area contributed by atoms with Gasteiger partial charge in [0.05, 0.1) is 22.9 Å².